The van der Waals surface area contributed by atoms with Gasteiger partial charge in [-0.1, -0.05) is 6.07 Å². The highest BCUT2D eigenvalue weighted by Gasteiger charge is 2.31. The average Bonchev–Trinajstić information content (AvgIpc) is 2.48. The smallest absolute Gasteiger partial charge is 0.270 e. The molecule has 1 fully saturated rings. The summed E-state index contributed by atoms with van der Waals surface area (Å²) in [5, 5.41) is 14.0. The molecule has 0 aromatic heterocycles. The van der Waals surface area contributed by atoms with Gasteiger partial charge in [0.05, 0.1) is 9.82 Å². The predicted octanol–water partition coefficient (Wildman–Crippen LogP) is 1.52. The Morgan fingerprint density at radius 3 is 2.55 bits per heavy atom. The summed E-state index contributed by atoms with van der Waals surface area (Å²) in [7, 11) is -1.79. The highest BCUT2D eigenvalue weighted by atomic mass is 32.2. The molecule has 1 heterocycles. The number of aryl methyl sites for hydroxylation is 1. The molecule has 0 radical (unpaired) electrons. The number of benzene rings is 1. The quantitative estimate of drug-likeness (QED) is 0.654. The number of rotatable bonds is 5. The molecular formula is C14H21N3O4S. The molecule has 2 rings (SSSR count). The van der Waals surface area contributed by atoms with E-state index in [2.05, 4.69) is 5.32 Å². The standard InChI is InChI=1S/C14H21N3O4S/c1-11-3-4-13(17(18)19)9-14(11)22(20,21)16-7-5-12(6-8-16)10-15-2/h3-4,9,12,15H,5-8,10H2,1-2H3. The van der Waals surface area contributed by atoms with Crippen molar-refractivity contribution in [2.75, 3.05) is 26.7 Å². The SMILES string of the molecule is CNCC1CCN(S(=O)(=O)c2cc([N+](=O)[O-])ccc2C)CC1. The number of nitrogens with one attached hydrogen (secondary N) is 1. The Kier molecular flexibility index (Phi) is 5.15. The summed E-state index contributed by atoms with van der Waals surface area (Å²) in [6.45, 7) is 3.45. The lowest BCUT2D eigenvalue weighted by atomic mass is 9.98. The fourth-order valence-electron chi connectivity index (χ4n) is 2.76. The summed E-state index contributed by atoms with van der Waals surface area (Å²) in [6, 6.07) is 3.97. The summed E-state index contributed by atoms with van der Waals surface area (Å²) in [4.78, 5) is 10.3. The topological polar surface area (TPSA) is 92.6 Å². The molecule has 0 aliphatic carbocycles. The van der Waals surface area contributed by atoms with E-state index in [4.69, 9.17) is 0 Å². The van der Waals surface area contributed by atoms with Gasteiger partial charge in [-0.05, 0) is 44.8 Å². The van der Waals surface area contributed by atoms with Crippen LogP contribution in [0.2, 0.25) is 0 Å². The van der Waals surface area contributed by atoms with Crippen LogP contribution in [0.25, 0.3) is 0 Å². The van der Waals surface area contributed by atoms with E-state index in [0.717, 1.165) is 25.5 Å². The van der Waals surface area contributed by atoms with Crippen LogP contribution in [0.15, 0.2) is 23.1 Å². The highest BCUT2D eigenvalue weighted by molar-refractivity contribution is 7.89. The number of nitro benzene ring substituents is 1. The van der Waals surface area contributed by atoms with E-state index < -0.39 is 14.9 Å². The van der Waals surface area contributed by atoms with Crippen LogP contribution in [0, 0.1) is 23.0 Å². The van der Waals surface area contributed by atoms with Crippen molar-refractivity contribution in [2.45, 2.75) is 24.7 Å². The first-order valence-electron chi connectivity index (χ1n) is 7.26. The fourth-order valence-corrected chi connectivity index (χ4v) is 4.48. The Hall–Kier alpha value is -1.51. The summed E-state index contributed by atoms with van der Waals surface area (Å²) >= 11 is 0. The zero-order valence-electron chi connectivity index (χ0n) is 12.8. The monoisotopic (exact) mass is 327 g/mol. The zero-order valence-corrected chi connectivity index (χ0v) is 13.6. The van der Waals surface area contributed by atoms with Gasteiger partial charge in [-0.3, -0.25) is 10.1 Å². The third-order valence-electron chi connectivity index (χ3n) is 4.07. The molecular weight excluding hydrogens is 306 g/mol. The molecule has 0 atom stereocenters. The van der Waals surface area contributed by atoms with E-state index >= 15 is 0 Å². The molecule has 0 unspecified atom stereocenters. The average molecular weight is 327 g/mol. The Morgan fingerprint density at radius 2 is 2.00 bits per heavy atom. The van der Waals surface area contributed by atoms with Crippen LogP contribution in [0.5, 0.6) is 0 Å². The third-order valence-corrected chi connectivity index (χ3v) is 6.11. The van der Waals surface area contributed by atoms with E-state index in [1.54, 1.807) is 6.92 Å². The van der Waals surface area contributed by atoms with Gasteiger partial charge in [-0.2, -0.15) is 4.31 Å². The van der Waals surface area contributed by atoms with Crippen molar-refractivity contribution in [2.24, 2.45) is 5.92 Å². The normalized spacial score (nSPS) is 17.5. The lowest BCUT2D eigenvalue weighted by Gasteiger charge is -2.31. The van der Waals surface area contributed by atoms with Crippen LogP contribution in [-0.2, 0) is 10.0 Å². The van der Waals surface area contributed by atoms with Gasteiger partial charge in [0.25, 0.3) is 5.69 Å². The number of nitrogens with zero attached hydrogens (tertiary/aromatic N) is 2. The maximum absolute atomic E-state index is 12.7. The van der Waals surface area contributed by atoms with Crippen LogP contribution < -0.4 is 5.32 Å². The molecule has 1 aliphatic rings. The summed E-state index contributed by atoms with van der Waals surface area (Å²) in [5.74, 6) is 0.475. The van der Waals surface area contributed by atoms with Gasteiger partial charge in [-0.25, -0.2) is 8.42 Å². The van der Waals surface area contributed by atoms with Crippen LogP contribution in [0.1, 0.15) is 18.4 Å². The molecule has 22 heavy (non-hydrogen) atoms. The van der Waals surface area contributed by atoms with Gasteiger partial charge in [0.1, 0.15) is 0 Å². The molecule has 122 valence electrons. The molecule has 7 nitrogen and oxygen atoms in total. The molecule has 1 saturated heterocycles. The van der Waals surface area contributed by atoms with Crippen LogP contribution in [-0.4, -0.2) is 44.3 Å². The first kappa shape index (κ1) is 16.9. The molecule has 1 aromatic rings. The first-order chi connectivity index (χ1) is 10.4. The lowest BCUT2D eigenvalue weighted by Crippen LogP contribution is -2.40. The first-order valence-corrected chi connectivity index (χ1v) is 8.70. The second-order valence-corrected chi connectivity index (χ2v) is 7.52. The number of nitro groups is 1. The summed E-state index contributed by atoms with van der Waals surface area (Å²) < 4.78 is 26.9. The van der Waals surface area contributed by atoms with E-state index in [1.165, 1.54) is 16.4 Å². The van der Waals surface area contributed by atoms with E-state index in [9.17, 15) is 18.5 Å². The number of hydrogen-bond acceptors (Lipinski definition) is 5. The zero-order chi connectivity index (χ0) is 16.3. The third kappa shape index (κ3) is 3.45. The second kappa shape index (κ2) is 6.72. The van der Waals surface area contributed by atoms with Crippen molar-refractivity contribution in [3.05, 3.63) is 33.9 Å². The van der Waals surface area contributed by atoms with Gasteiger partial charge in [0, 0.05) is 25.2 Å². The van der Waals surface area contributed by atoms with E-state index in [1.807, 2.05) is 7.05 Å². The number of non-ortho nitro benzene ring substituents is 1. The minimum atomic E-state index is -3.68. The number of sulfonamides is 1. The molecule has 0 spiro atoms. The largest absolute Gasteiger partial charge is 0.319 e. The fraction of sp³-hybridized carbons (Fsp3) is 0.571. The molecule has 1 aliphatic heterocycles. The van der Waals surface area contributed by atoms with Gasteiger partial charge < -0.3 is 5.32 Å². The molecule has 8 heteroatoms. The van der Waals surface area contributed by atoms with Gasteiger partial charge >= 0.3 is 0 Å². The minimum absolute atomic E-state index is 0.0359. The van der Waals surface area contributed by atoms with Crippen molar-refractivity contribution in [3.63, 3.8) is 0 Å². The van der Waals surface area contributed by atoms with Crippen LogP contribution in [0.4, 0.5) is 5.69 Å². The van der Waals surface area contributed by atoms with Crippen molar-refractivity contribution in [1.29, 1.82) is 0 Å². The molecule has 1 N–H and O–H groups in total. The van der Waals surface area contributed by atoms with E-state index in [0.29, 0.717) is 24.6 Å². The van der Waals surface area contributed by atoms with Crippen molar-refractivity contribution in [3.8, 4) is 0 Å². The van der Waals surface area contributed by atoms with Crippen molar-refractivity contribution < 1.29 is 13.3 Å². The van der Waals surface area contributed by atoms with Crippen LogP contribution >= 0.6 is 0 Å². The molecule has 0 bridgehead atoms. The van der Waals surface area contributed by atoms with Gasteiger partial charge in [0.15, 0.2) is 0 Å². The Morgan fingerprint density at radius 1 is 1.36 bits per heavy atom. The Bertz CT molecular complexity index is 652. The van der Waals surface area contributed by atoms with E-state index in [-0.39, 0.29) is 10.6 Å². The Balaban J connectivity index is 2.24. The van der Waals surface area contributed by atoms with Crippen molar-refractivity contribution in [1.82, 2.24) is 9.62 Å². The maximum Gasteiger partial charge on any atom is 0.270 e. The number of piperidine rings is 1. The predicted molar refractivity (Wildman–Crippen MR) is 83.2 cm³/mol. The summed E-state index contributed by atoms with van der Waals surface area (Å²) in [5.41, 5.74) is 0.331. The maximum atomic E-state index is 12.7. The minimum Gasteiger partial charge on any atom is -0.319 e. The van der Waals surface area contributed by atoms with Gasteiger partial charge in [0.2, 0.25) is 10.0 Å². The molecule has 1 aromatic carbocycles. The molecule has 0 saturated carbocycles. The van der Waals surface area contributed by atoms with Gasteiger partial charge in [-0.15, -0.1) is 0 Å². The van der Waals surface area contributed by atoms with Crippen molar-refractivity contribution >= 4 is 15.7 Å². The van der Waals surface area contributed by atoms with Crippen LogP contribution in [0.3, 0.4) is 0 Å². The highest BCUT2D eigenvalue weighted by Crippen LogP contribution is 2.28. The Labute approximate surface area is 130 Å². The second-order valence-electron chi connectivity index (χ2n) is 5.61. The lowest BCUT2D eigenvalue weighted by molar-refractivity contribution is -0.385. The number of hydrogen-bond donors (Lipinski definition) is 1. The molecule has 0 amide bonds. The summed E-state index contributed by atoms with van der Waals surface area (Å²) in [6.07, 6.45) is 1.60.